The maximum absolute atomic E-state index is 12.5. The summed E-state index contributed by atoms with van der Waals surface area (Å²) in [7, 11) is 0. The van der Waals surface area contributed by atoms with Crippen LogP contribution in [0.5, 0.6) is 0 Å². The van der Waals surface area contributed by atoms with Gasteiger partial charge in [-0.05, 0) is 25.5 Å². The fourth-order valence-electron chi connectivity index (χ4n) is 2.67. The topological polar surface area (TPSA) is 75.5 Å². The van der Waals surface area contributed by atoms with Gasteiger partial charge in [0, 0.05) is 41.9 Å². The average molecular weight is 365 g/mol. The highest BCUT2D eigenvalue weighted by molar-refractivity contribution is 9.10. The molecule has 1 aliphatic rings. The van der Waals surface area contributed by atoms with Crippen molar-refractivity contribution in [2.45, 2.75) is 32.4 Å². The van der Waals surface area contributed by atoms with Gasteiger partial charge < -0.3 is 10.6 Å². The molecule has 116 valence electrons. The summed E-state index contributed by atoms with van der Waals surface area (Å²) < 4.78 is 2.44. The van der Waals surface area contributed by atoms with Crippen molar-refractivity contribution in [1.29, 1.82) is 0 Å². The van der Waals surface area contributed by atoms with Crippen LogP contribution in [0.2, 0.25) is 0 Å². The Bertz CT molecular complexity index is 787. The van der Waals surface area contributed by atoms with E-state index in [1.54, 1.807) is 10.6 Å². The molecule has 0 aromatic carbocycles. The van der Waals surface area contributed by atoms with Gasteiger partial charge in [0.25, 0.3) is 5.56 Å². The van der Waals surface area contributed by atoms with Crippen molar-refractivity contribution < 1.29 is 4.79 Å². The van der Waals surface area contributed by atoms with E-state index in [1.165, 1.54) is 0 Å². The summed E-state index contributed by atoms with van der Waals surface area (Å²) in [6, 6.07) is 3.79. The minimum absolute atomic E-state index is 0.0574. The van der Waals surface area contributed by atoms with Gasteiger partial charge in [0.15, 0.2) is 0 Å². The van der Waals surface area contributed by atoms with Crippen LogP contribution in [-0.4, -0.2) is 27.9 Å². The Balaban J connectivity index is 1.77. The van der Waals surface area contributed by atoms with E-state index >= 15 is 0 Å². The molecule has 1 unspecified atom stereocenters. The molecule has 3 rings (SSSR count). The van der Waals surface area contributed by atoms with Crippen LogP contribution >= 0.6 is 15.9 Å². The van der Waals surface area contributed by atoms with Gasteiger partial charge in [0.2, 0.25) is 5.91 Å². The molecular formula is C15H17BrN4O2. The van der Waals surface area contributed by atoms with Crippen LogP contribution in [0.4, 0.5) is 0 Å². The number of hydrogen-bond acceptors (Lipinski definition) is 4. The molecule has 3 heterocycles. The van der Waals surface area contributed by atoms with Gasteiger partial charge in [-0.2, -0.15) is 0 Å². The van der Waals surface area contributed by atoms with E-state index in [4.69, 9.17) is 0 Å². The second kappa shape index (κ2) is 6.18. The molecule has 0 bridgehead atoms. The summed E-state index contributed by atoms with van der Waals surface area (Å²) in [5, 5.41) is 6.14. The van der Waals surface area contributed by atoms with Crippen LogP contribution in [-0.2, 0) is 11.3 Å². The third-order valence-corrected chi connectivity index (χ3v) is 4.36. The van der Waals surface area contributed by atoms with E-state index in [-0.39, 0.29) is 17.5 Å². The molecule has 1 fully saturated rings. The number of nitrogens with one attached hydrogen (secondary N) is 2. The van der Waals surface area contributed by atoms with Crippen molar-refractivity contribution in [1.82, 2.24) is 20.0 Å². The molecule has 6 nitrogen and oxygen atoms in total. The average Bonchev–Trinajstić information content (AvgIpc) is 2.87. The predicted molar refractivity (Wildman–Crippen MR) is 86.8 cm³/mol. The molecule has 2 N–H and O–H groups in total. The molecule has 1 amide bonds. The Morgan fingerprint density at radius 2 is 2.32 bits per heavy atom. The number of carbonyl (C=O) groups is 1. The molecule has 0 spiro atoms. The zero-order chi connectivity index (χ0) is 15.7. The molecule has 2 aromatic rings. The van der Waals surface area contributed by atoms with Crippen molar-refractivity contribution in [3.63, 3.8) is 0 Å². The molecule has 22 heavy (non-hydrogen) atoms. The van der Waals surface area contributed by atoms with Crippen molar-refractivity contribution in [3.05, 3.63) is 44.4 Å². The summed E-state index contributed by atoms with van der Waals surface area (Å²) in [6.07, 6.45) is 3.14. The lowest BCUT2D eigenvalue weighted by Gasteiger charge is -2.12. The molecule has 0 aliphatic carbocycles. The first kappa shape index (κ1) is 15.2. The zero-order valence-corrected chi connectivity index (χ0v) is 13.8. The number of aryl methyl sites for hydroxylation is 1. The monoisotopic (exact) mass is 364 g/mol. The maximum atomic E-state index is 12.5. The van der Waals surface area contributed by atoms with E-state index in [1.807, 2.05) is 19.1 Å². The Kier molecular flexibility index (Phi) is 4.26. The molecule has 1 aliphatic heterocycles. The first-order valence-corrected chi connectivity index (χ1v) is 8.01. The molecule has 0 radical (unpaired) electrons. The van der Waals surface area contributed by atoms with Gasteiger partial charge in [0.1, 0.15) is 5.65 Å². The summed E-state index contributed by atoms with van der Waals surface area (Å²) >= 11 is 3.38. The number of carbonyl (C=O) groups excluding carboxylic acids is 1. The number of nitrogens with zero attached hydrogens (tertiary/aromatic N) is 2. The van der Waals surface area contributed by atoms with Gasteiger partial charge in [-0.1, -0.05) is 15.9 Å². The standard InChI is InChI=1S/C15H17BrN4O2/c1-9-12(8-17-7-11-2-3-14(21)19-11)15(22)20-5-4-10(16)6-13(20)18-9/h4-6,11,17H,2-3,7-8H2,1H3,(H,19,21). The third-order valence-electron chi connectivity index (χ3n) is 3.87. The highest BCUT2D eigenvalue weighted by Gasteiger charge is 2.20. The molecular weight excluding hydrogens is 348 g/mol. The van der Waals surface area contributed by atoms with Gasteiger partial charge in [0.05, 0.1) is 5.56 Å². The van der Waals surface area contributed by atoms with Crippen molar-refractivity contribution in [3.8, 4) is 0 Å². The van der Waals surface area contributed by atoms with Crippen LogP contribution in [0, 0.1) is 6.92 Å². The van der Waals surface area contributed by atoms with E-state index < -0.39 is 0 Å². The lowest BCUT2D eigenvalue weighted by molar-refractivity contribution is -0.119. The lowest BCUT2D eigenvalue weighted by atomic mass is 10.2. The first-order chi connectivity index (χ1) is 10.5. The Hall–Kier alpha value is -1.73. The number of rotatable bonds is 4. The number of fused-ring (bicyclic) bond motifs is 1. The SMILES string of the molecule is Cc1nc2cc(Br)ccn2c(=O)c1CNCC1CCC(=O)N1. The van der Waals surface area contributed by atoms with Gasteiger partial charge in [-0.3, -0.25) is 14.0 Å². The number of amides is 1. The second-order valence-electron chi connectivity index (χ2n) is 5.49. The smallest absolute Gasteiger partial charge is 0.262 e. The number of aromatic nitrogens is 2. The van der Waals surface area contributed by atoms with Crippen LogP contribution in [0.1, 0.15) is 24.1 Å². The summed E-state index contributed by atoms with van der Waals surface area (Å²) in [5.41, 5.74) is 1.96. The number of halogens is 1. The molecule has 0 saturated carbocycles. The largest absolute Gasteiger partial charge is 0.352 e. The predicted octanol–water partition coefficient (Wildman–Crippen LogP) is 1.13. The molecule has 1 atom stereocenters. The minimum Gasteiger partial charge on any atom is -0.352 e. The van der Waals surface area contributed by atoms with Crippen LogP contribution in [0.3, 0.4) is 0 Å². The fraction of sp³-hybridized carbons (Fsp3) is 0.400. The second-order valence-corrected chi connectivity index (χ2v) is 6.40. The van der Waals surface area contributed by atoms with Crippen LogP contribution in [0.25, 0.3) is 5.65 Å². The lowest BCUT2D eigenvalue weighted by Crippen LogP contribution is -2.36. The Morgan fingerprint density at radius 1 is 1.50 bits per heavy atom. The minimum atomic E-state index is -0.0574. The maximum Gasteiger partial charge on any atom is 0.262 e. The fourth-order valence-corrected chi connectivity index (χ4v) is 2.99. The third kappa shape index (κ3) is 3.05. The highest BCUT2D eigenvalue weighted by Crippen LogP contribution is 2.12. The normalized spacial score (nSPS) is 17.9. The summed E-state index contributed by atoms with van der Waals surface area (Å²) in [5.74, 6) is 0.0981. The van der Waals surface area contributed by atoms with Crippen molar-refractivity contribution in [2.24, 2.45) is 0 Å². The van der Waals surface area contributed by atoms with E-state index in [0.29, 0.717) is 30.7 Å². The first-order valence-electron chi connectivity index (χ1n) is 7.22. The van der Waals surface area contributed by atoms with Crippen LogP contribution < -0.4 is 16.2 Å². The van der Waals surface area contributed by atoms with E-state index in [0.717, 1.165) is 16.6 Å². The Labute approximate surface area is 136 Å². The molecule has 7 heteroatoms. The molecule has 1 saturated heterocycles. The van der Waals surface area contributed by atoms with E-state index in [9.17, 15) is 9.59 Å². The zero-order valence-electron chi connectivity index (χ0n) is 12.2. The van der Waals surface area contributed by atoms with Gasteiger partial charge in [-0.15, -0.1) is 0 Å². The van der Waals surface area contributed by atoms with Crippen molar-refractivity contribution >= 4 is 27.5 Å². The number of hydrogen-bond donors (Lipinski definition) is 2. The quantitative estimate of drug-likeness (QED) is 0.852. The van der Waals surface area contributed by atoms with Gasteiger partial charge >= 0.3 is 0 Å². The summed E-state index contributed by atoms with van der Waals surface area (Å²) in [4.78, 5) is 28.2. The highest BCUT2D eigenvalue weighted by atomic mass is 79.9. The van der Waals surface area contributed by atoms with Crippen LogP contribution in [0.15, 0.2) is 27.6 Å². The molecule has 2 aromatic heterocycles. The number of pyridine rings is 1. The van der Waals surface area contributed by atoms with Crippen molar-refractivity contribution in [2.75, 3.05) is 6.54 Å². The van der Waals surface area contributed by atoms with E-state index in [2.05, 4.69) is 31.5 Å². The summed E-state index contributed by atoms with van der Waals surface area (Å²) in [6.45, 7) is 2.95. The van der Waals surface area contributed by atoms with Gasteiger partial charge in [-0.25, -0.2) is 4.98 Å². The Morgan fingerprint density at radius 3 is 3.05 bits per heavy atom.